The summed E-state index contributed by atoms with van der Waals surface area (Å²) in [5.74, 6) is -0.992. The second-order valence-electron chi connectivity index (χ2n) is 28.3. The minimum atomic E-state index is -1.95. The molecule has 0 unspecified atom stereocenters. The minimum Gasteiger partial charge on any atom is -0.459 e. The molecule has 31 rings (SSSR count). The predicted molar refractivity (Wildman–Crippen MR) is 313 cm³/mol. The van der Waals surface area contributed by atoms with Gasteiger partial charge in [-0.3, -0.25) is 9.59 Å². The molecular weight excluding hydrogens is 917 g/mol. The maximum atomic E-state index is 17.2. The van der Waals surface area contributed by atoms with E-state index < -0.39 is 28.6 Å². The van der Waals surface area contributed by atoms with Crippen LogP contribution in [0.15, 0.2) is 0 Å². The molecule has 30 aromatic rings. The Kier molecular flexibility index (Phi) is 2.79. The van der Waals surface area contributed by atoms with E-state index in [9.17, 15) is 0 Å². The highest BCUT2D eigenvalue weighted by Crippen LogP contribution is 2.81. The number of rotatable bonds is 2. The monoisotopic (exact) mass is 934 g/mol. The summed E-state index contributed by atoms with van der Waals surface area (Å²) >= 11 is 0. The third-order valence-corrected chi connectivity index (χ3v) is 24.4. The zero-order valence-electron chi connectivity index (χ0n) is 40.1. The van der Waals surface area contributed by atoms with E-state index >= 15 is 9.59 Å². The molecule has 75 heavy (non-hydrogen) atoms. The van der Waals surface area contributed by atoms with Crippen LogP contribution in [0.3, 0.4) is 0 Å². The third-order valence-electron chi connectivity index (χ3n) is 24.4. The lowest BCUT2D eigenvalue weighted by Gasteiger charge is -2.40. The topological polar surface area (TPSA) is 52.6 Å². The first-order valence-electron chi connectivity index (χ1n) is 27.5. The molecule has 0 amide bonds. The molecule has 0 aliphatic heterocycles. The maximum absolute atomic E-state index is 17.2. The van der Waals surface area contributed by atoms with Crippen molar-refractivity contribution in [1.82, 2.24) is 0 Å². The molecule has 0 spiro atoms. The molecule has 1 aliphatic rings. The Morgan fingerprint density at radius 1 is 0.200 bits per heavy atom. The van der Waals surface area contributed by atoms with Crippen LogP contribution in [0, 0.1) is 0 Å². The highest BCUT2D eigenvalue weighted by Gasteiger charge is 2.63. The van der Waals surface area contributed by atoms with Crippen LogP contribution >= 0.6 is 0 Å². The van der Waals surface area contributed by atoms with E-state index in [4.69, 9.17) is 9.47 Å². The minimum absolute atomic E-state index is 0.496. The van der Waals surface area contributed by atoms with Gasteiger partial charge in [-0.05, 0) is 354 Å². The maximum Gasteiger partial charge on any atom is 0.333 e. The fourth-order valence-corrected chi connectivity index (χ4v) is 24.1. The van der Waals surface area contributed by atoms with E-state index in [1.165, 1.54) is 242 Å². The van der Waals surface area contributed by atoms with Gasteiger partial charge >= 0.3 is 11.9 Å². The van der Waals surface area contributed by atoms with Gasteiger partial charge in [-0.15, -0.1) is 0 Å². The van der Waals surface area contributed by atoms with Gasteiger partial charge in [0.05, 0.1) is 0 Å². The Bertz CT molecular complexity index is 7240. The van der Waals surface area contributed by atoms with E-state index in [1.54, 1.807) is 48.5 Å². The van der Waals surface area contributed by atoms with Crippen molar-refractivity contribution in [2.75, 3.05) is 0 Å². The lowest BCUT2D eigenvalue weighted by atomic mass is 9.64. The van der Waals surface area contributed by atoms with Crippen LogP contribution in [-0.2, 0) is 24.5 Å². The van der Waals surface area contributed by atoms with E-state index in [2.05, 4.69) is 0 Å². The Morgan fingerprint density at radius 3 is 0.400 bits per heavy atom. The van der Waals surface area contributed by atoms with Crippen molar-refractivity contribution in [3.8, 4) is 0 Å². The molecule has 4 heteroatoms. The lowest BCUT2D eigenvalue weighted by Crippen LogP contribution is -2.51. The van der Waals surface area contributed by atoms with Crippen LogP contribution in [-0.4, -0.2) is 23.1 Å². The molecule has 0 aromatic heterocycles. The second-order valence-corrected chi connectivity index (χ2v) is 28.3. The molecule has 326 valence electrons. The Morgan fingerprint density at radius 2 is 0.293 bits per heavy atom. The first kappa shape index (κ1) is 30.4. The van der Waals surface area contributed by atoms with Gasteiger partial charge < -0.3 is 9.47 Å². The summed E-state index contributed by atoms with van der Waals surface area (Å²) in [6, 6.07) is 0. The molecule has 0 heterocycles. The van der Waals surface area contributed by atoms with Crippen molar-refractivity contribution in [2.45, 2.75) is 58.2 Å². The summed E-state index contributed by atoms with van der Waals surface area (Å²) in [7, 11) is 0. The van der Waals surface area contributed by atoms with Crippen LogP contribution in [0.4, 0.5) is 0 Å². The number of hydrogen-bond acceptors (Lipinski definition) is 4. The molecule has 0 atom stereocenters. The quantitative estimate of drug-likeness (QED) is 0.0984. The zero-order chi connectivity index (χ0) is 46.7. The van der Waals surface area contributed by atoms with Gasteiger partial charge in [0.1, 0.15) is 11.2 Å². The van der Waals surface area contributed by atoms with E-state index in [0.717, 1.165) is 32.7 Å². The Balaban J connectivity index is 1.17. The van der Waals surface area contributed by atoms with Crippen LogP contribution in [0.1, 0.15) is 52.7 Å². The molecule has 0 N–H and O–H groups in total. The number of ether oxygens (including phenoxy) is 2. The number of esters is 2. The highest BCUT2D eigenvalue weighted by atomic mass is 16.6. The molecule has 0 bridgehead atoms. The lowest BCUT2D eigenvalue weighted by molar-refractivity contribution is -0.174. The van der Waals surface area contributed by atoms with Gasteiger partial charge in [0, 0.05) is 11.1 Å². The fourth-order valence-electron chi connectivity index (χ4n) is 24.1. The number of fused-ring (bicyclic) bond motifs is 5. The molecule has 0 radical (unpaired) electrons. The summed E-state index contributed by atoms with van der Waals surface area (Å²) in [5.41, 5.74) is -2.04. The van der Waals surface area contributed by atoms with Gasteiger partial charge in [0.2, 0.25) is 5.41 Å². The first-order valence-corrected chi connectivity index (χ1v) is 27.5. The van der Waals surface area contributed by atoms with E-state index in [0.29, 0.717) is 0 Å². The third kappa shape index (κ3) is 1.79. The zero-order valence-corrected chi connectivity index (χ0v) is 40.1. The van der Waals surface area contributed by atoms with Crippen molar-refractivity contribution in [3.05, 3.63) is 11.1 Å². The summed E-state index contributed by atoms with van der Waals surface area (Å²) in [4.78, 5) is 34.3. The van der Waals surface area contributed by atoms with Crippen LogP contribution in [0.2, 0.25) is 0 Å². The normalized spacial score (nSPS) is 17.9. The molecule has 4 nitrogen and oxygen atoms in total. The number of carbonyl (C=O) groups is 2. The van der Waals surface area contributed by atoms with Crippen molar-refractivity contribution < 1.29 is 19.1 Å². The number of hydrogen-bond donors (Lipinski definition) is 0. The van der Waals surface area contributed by atoms with Crippen molar-refractivity contribution in [3.63, 3.8) is 0 Å². The summed E-state index contributed by atoms with van der Waals surface area (Å²) in [6.45, 7) is 11.9. The summed E-state index contributed by atoms with van der Waals surface area (Å²) < 4.78 is 14.1. The largest absolute Gasteiger partial charge is 0.459 e. The molecule has 0 saturated heterocycles. The molecular formula is C71H18O4. The summed E-state index contributed by atoms with van der Waals surface area (Å²) in [5, 5.41) is 82.9. The average molecular weight is 935 g/mol. The number of carbonyl (C=O) groups excluding carboxylic acids is 2. The molecule has 0 fully saturated rings. The Labute approximate surface area is 410 Å². The Hall–Kier alpha value is -8.86. The van der Waals surface area contributed by atoms with Crippen molar-refractivity contribution >= 4 is 324 Å². The van der Waals surface area contributed by atoms with Crippen molar-refractivity contribution in [1.29, 1.82) is 0 Å². The van der Waals surface area contributed by atoms with Crippen LogP contribution < -0.4 is 0 Å². The van der Waals surface area contributed by atoms with Gasteiger partial charge in [-0.1, -0.05) is 0 Å². The SMILES string of the molecule is CC(C)(C)OC(=O)C1(C(=O)OC(C)(C)C)c2c3c4c5c1c1c6c7c2c2c8c3c3c9c4c4c%10c5c5c1c1c6c6c%11c7c2c2c7c8c3c3c8c9c4c4c9c%10c5c5c1c1c6c6c%11c2c2c7c3c3c8c4c4c9c5c1c1c6c2c3c41. The average Bonchev–Trinajstić information content (AvgIpc) is 1.67. The first-order chi connectivity index (χ1) is 36.5. The van der Waals surface area contributed by atoms with Crippen LogP contribution in [0.5, 0.6) is 0 Å². The van der Waals surface area contributed by atoms with Gasteiger partial charge in [-0.2, -0.15) is 0 Å². The predicted octanol–water partition coefficient (Wildman–Crippen LogP) is 19.0. The van der Waals surface area contributed by atoms with E-state index in [1.807, 2.05) is 41.5 Å². The molecule has 0 saturated carbocycles. The second kappa shape index (κ2) is 6.90. The van der Waals surface area contributed by atoms with Gasteiger partial charge in [-0.25, -0.2) is 0 Å². The van der Waals surface area contributed by atoms with Crippen LogP contribution in [0.25, 0.3) is 312 Å². The molecule has 1 aliphatic carbocycles. The summed E-state index contributed by atoms with van der Waals surface area (Å²) in [6.07, 6.45) is 0. The standard InChI is InChI=1S/C71H18O4/c1-69(2,3)74-67(72)71(68(73)75-70(4,5)6)65-61-54-47-35-27-18-9-7-8-10-13(9)22-29(27)37-38-30(22)28-19(10)21-17-12(8)15-14-11(7)16-20(18)33(35)41-39-25(16)23(14)31-32-24(15)26(17)40-42-34(21)36(28)48-50(38)59(58(61)49(37)47)62-55(48)53(42)57-46(40)44(32)51-43(31)45(39)56(52(41)54)63(65)60(51)64(57)66(62)71/h1-6H3. The smallest absolute Gasteiger partial charge is 0.333 e. The number of benzene rings is 19. The fraction of sp³-hybridized carbons (Fsp3) is 0.127. The van der Waals surface area contributed by atoms with Gasteiger partial charge in [0.25, 0.3) is 0 Å². The van der Waals surface area contributed by atoms with Crippen molar-refractivity contribution in [2.24, 2.45) is 0 Å². The van der Waals surface area contributed by atoms with E-state index in [-0.39, 0.29) is 0 Å². The van der Waals surface area contributed by atoms with Gasteiger partial charge in [0.15, 0.2) is 0 Å². The molecule has 30 aromatic carbocycles. The highest BCUT2D eigenvalue weighted by molar-refractivity contribution is 6.84.